The average molecular weight is 384 g/mol. The molecular formula is C9H3Br3FN. The first-order valence-corrected chi connectivity index (χ1v) is 6.07. The van der Waals surface area contributed by atoms with Gasteiger partial charge < -0.3 is 0 Å². The van der Waals surface area contributed by atoms with E-state index in [1.165, 1.54) is 6.07 Å². The first kappa shape index (κ1) is 10.5. The Kier molecular flexibility index (Phi) is 2.91. The summed E-state index contributed by atoms with van der Waals surface area (Å²) < 4.78 is 15.7. The Morgan fingerprint density at radius 3 is 2.50 bits per heavy atom. The van der Waals surface area contributed by atoms with Gasteiger partial charge in [0.25, 0.3) is 0 Å². The quantitative estimate of drug-likeness (QED) is 0.644. The lowest BCUT2D eigenvalue weighted by Gasteiger charge is -2.04. The molecule has 0 amide bonds. The van der Waals surface area contributed by atoms with E-state index in [1.807, 2.05) is 0 Å². The Bertz CT molecular complexity index is 513. The molecule has 0 aliphatic rings. The molecule has 1 aromatic heterocycles. The van der Waals surface area contributed by atoms with Crippen molar-refractivity contribution < 1.29 is 4.39 Å². The summed E-state index contributed by atoms with van der Waals surface area (Å²) in [6.45, 7) is 0. The number of benzene rings is 1. The molecule has 1 heterocycles. The molecule has 5 heteroatoms. The van der Waals surface area contributed by atoms with E-state index in [-0.39, 0.29) is 5.82 Å². The van der Waals surface area contributed by atoms with Crippen molar-refractivity contribution in [3.63, 3.8) is 0 Å². The fourth-order valence-corrected chi connectivity index (χ4v) is 2.39. The SMILES string of the molecule is Fc1ccc(Br)c2ncc(Br)c(Br)c12. The van der Waals surface area contributed by atoms with Crippen LogP contribution in [-0.2, 0) is 0 Å². The van der Waals surface area contributed by atoms with Gasteiger partial charge in [0.1, 0.15) is 5.82 Å². The number of hydrogen-bond acceptors (Lipinski definition) is 1. The molecule has 0 saturated carbocycles. The third-order valence-corrected chi connectivity index (χ3v) is 4.41. The zero-order chi connectivity index (χ0) is 10.3. The third-order valence-electron chi connectivity index (χ3n) is 1.81. The largest absolute Gasteiger partial charge is 0.254 e. The molecule has 14 heavy (non-hydrogen) atoms. The van der Waals surface area contributed by atoms with E-state index in [0.717, 1.165) is 8.95 Å². The second-order valence-corrected chi connectivity index (χ2v) is 5.17. The highest BCUT2D eigenvalue weighted by molar-refractivity contribution is 9.13. The standard InChI is InChI=1S/C9H3Br3FN/c10-4-1-2-6(13)7-8(12)5(11)3-14-9(4)7/h1-3H. The molecule has 1 aromatic carbocycles. The summed E-state index contributed by atoms with van der Waals surface area (Å²) in [5, 5.41) is 0.480. The van der Waals surface area contributed by atoms with Crippen molar-refractivity contribution in [2.24, 2.45) is 0 Å². The van der Waals surface area contributed by atoms with E-state index in [4.69, 9.17) is 0 Å². The van der Waals surface area contributed by atoms with Gasteiger partial charge in [0.2, 0.25) is 0 Å². The average Bonchev–Trinajstić information content (AvgIpc) is 2.16. The Labute approximate surface area is 105 Å². The molecule has 72 valence electrons. The Balaban J connectivity index is 3.01. The minimum atomic E-state index is -0.288. The Morgan fingerprint density at radius 2 is 1.79 bits per heavy atom. The molecule has 1 nitrogen and oxygen atoms in total. The highest BCUT2D eigenvalue weighted by Crippen LogP contribution is 2.34. The van der Waals surface area contributed by atoms with Gasteiger partial charge in [-0.2, -0.15) is 0 Å². The van der Waals surface area contributed by atoms with Crippen LogP contribution in [0.3, 0.4) is 0 Å². The maximum Gasteiger partial charge on any atom is 0.133 e. The van der Waals surface area contributed by atoms with Crippen LogP contribution < -0.4 is 0 Å². The number of hydrogen-bond donors (Lipinski definition) is 0. The van der Waals surface area contributed by atoms with E-state index in [0.29, 0.717) is 15.4 Å². The van der Waals surface area contributed by atoms with Crippen LogP contribution in [0.5, 0.6) is 0 Å². The van der Waals surface area contributed by atoms with Crippen molar-refractivity contribution >= 4 is 58.7 Å². The topological polar surface area (TPSA) is 12.9 Å². The van der Waals surface area contributed by atoms with Crippen LogP contribution in [0.2, 0.25) is 0 Å². The Morgan fingerprint density at radius 1 is 1.07 bits per heavy atom. The number of fused-ring (bicyclic) bond motifs is 1. The first-order valence-electron chi connectivity index (χ1n) is 3.69. The van der Waals surface area contributed by atoms with Crippen molar-refractivity contribution in [2.45, 2.75) is 0 Å². The molecule has 0 radical (unpaired) electrons. The molecule has 0 spiro atoms. The number of halogens is 4. The van der Waals surface area contributed by atoms with Gasteiger partial charge in [0, 0.05) is 15.1 Å². The molecule has 0 bridgehead atoms. The van der Waals surface area contributed by atoms with E-state index < -0.39 is 0 Å². The molecule has 0 aliphatic heterocycles. The molecule has 0 N–H and O–H groups in total. The lowest BCUT2D eigenvalue weighted by molar-refractivity contribution is 0.639. The van der Waals surface area contributed by atoms with Gasteiger partial charge in [-0.15, -0.1) is 0 Å². The Hall–Kier alpha value is -0.000000000000000111. The van der Waals surface area contributed by atoms with Crippen molar-refractivity contribution in [3.8, 4) is 0 Å². The van der Waals surface area contributed by atoms with E-state index in [2.05, 4.69) is 52.8 Å². The van der Waals surface area contributed by atoms with Crippen molar-refractivity contribution in [1.82, 2.24) is 4.98 Å². The maximum atomic E-state index is 13.5. The third kappa shape index (κ3) is 1.61. The van der Waals surface area contributed by atoms with Gasteiger partial charge >= 0.3 is 0 Å². The van der Waals surface area contributed by atoms with Gasteiger partial charge in [-0.05, 0) is 59.9 Å². The molecule has 0 atom stereocenters. The number of pyridine rings is 1. The van der Waals surface area contributed by atoms with Gasteiger partial charge in [-0.1, -0.05) is 0 Å². The zero-order valence-electron chi connectivity index (χ0n) is 6.69. The normalized spacial score (nSPS) is 10.9. The van der Waals surface area contributed by atoms with Crippen LogP contribution in [0.1, 0.15) is 0 Å². The fourth-order valence-electron chi connectivity index (χ4n) is 1.17. The van der Waals surface area contributed by atoms with E-state index in [9.17, 15) is 4.39 Å². The minimum absolute atomic E-state index is 0.288. The van der Waals surface area contributed by atoms with E-state index >= 15 is 0 Å². The molecule has 0 saturated heterocycles. The van der Waals surface area contributed by atoms with Gasteiger partial charge in [0.05, 0.1) is 15.4 Å². The van der Waals surface area contributed by atoms with E-state index in [1.54, 1.807) is 12.3 Å². The summed E-state index contributed by atoms with van der Waals surface area (Å²) in [6, 6.07) is 3.05. The second kappa shape index (κ2) is 3.87. The van der Waals surface area contributed by atoms with Crippen LogP contribution in [0.4, 0.5) is 4.39 Å². The maximum absolute atomic E-state index is 13.5. The summed E-state index contributed by atoms with van der Waals surface area (Å²) in [4.78, 5) is 4.14. The van der Waals surface area contributed by atoms with Crippen LogP contribution in [0, 0.1) is 5.82 Å². The first-order chi connectivity index (χ1) is 6.61. The zero-order valence-corrected chi connectivity index (χ0v) is 11.4. The van der Waals surface area contributed by atoms with Gasteiger partial charge in [0.15, 0.2) is 0 Å². The monoisotopic (exact) mass is 381 g/mol. The fraction of sp³-hybridized carbons (Fsp3) is 0. The minimum Gasteiger partial charge on any atom is -0.254 e. The predicted molar refractivity (Wildman–Crippen MR) is 64.8 cm³/mol. The smallest absolute Gasteiger partial charge is 0.133 e. The number of nitrogens with zero attached hydrogens (tertiary/aromatic N) is 1. The summed E-state index contributed by atoms with van der Waals surface area (Å²) in [6.07, 6.45) is 1.64. The molecule has 2 aromatic rings. The number of aromatic nitrogens is 1. The highest BCUT2D eigenvalue weighted by atomic mass is 79.9. The summed E-state index contributed by atoms with van der Waals surface area (Å²) in [7, 11) is 0. The lowest BCUT2D eigenvalue weighted by Crippen LogP contribution is -1.87. The molecular weight excluding hydrogens is 381 g/mol. The van der Waals surface area contributed by atoms with Crippen LogP contribution in [0.25, 0.3) is 10.9 Å². The second-order valence-electron chi connectivity index (χ2n) is 2.67. The van der Waals surface area contributed by atoms with Crippen LogP contribution >= 0.6 is 47.8 Å². The highest BCUT2D eigenvalue weighted by Gasteiger charge is 2.11. The van der Waals surface area contributed by atoms with Crippen molar-refractivity contribution in [1.29, 1.82) is 0 Å². The predicted octanol–water partition coefficient (Wildman–Crippen LogP) is 4.66. The van der Waals surface area contributed by atoms with Crippen molar-refractivity contribution in [2.75, 3.05) is 0 Å². The number of rotatable bonds is 0. The summed E-state index contributed by atoms with van der Waals surface area (Å²) in [5.41, 5.74) is 0.611. The summed E-state index contributed by atoms with van der Waals surface area (Å²) in [5.74, 6) is -0.288. The van der Waals surface area contributed by atoms with Crippen LogP contribution in [-0.4, -0.2) is 4.98 Å². The van der Waals surface area contributed by atoms with Crippen molar-refractivity contribution in [3.05, 3.63) is 37.6 Å². The summed E-state index contributed by atoms with van der Waals surface area (Å²) >= 11 is 9.93. The van der Waals surface area contributed by atoms with Crippen LogP contribution in [0.15, 0.2) is 31.7 Å². The molecule has 0 aliphatic carbocycles. The lowest BCUT2D eigenvalue weighted by atomic mass is 10.2. The molecule has 2 rings (SSSR count). The van der Waals surface area contributed by atoms with Gasteiger partial charge in [-0.3, -0.25) is 4.98 Å². The molecule has 0 fully saturated rings. The van der Waals surface area contributed by atoms with Gasteiger partial charge in [-0.25, -0.2) is 4.39 Å². The molecule has 0 unspecified atom stereocenters.